The first kappa shape index (κ1) is 20.4. The van der Waals surface area contributed by atoms with Gasteiger partial charge in [-0.05, 0) is 37.1 Å². The lowest BCUT2D eigenvalue weighted by atomic mass is 10.1. The van der Waals surface area contributed by atoms with Crippen molar-refractivity contribution in [2.45, 2.75) is 37.1 Å². The van der Waals surface area contributed by atoms with E-state index in [1.807, 2.05) is 24.3 Å². The van der Waals surface area contributed by atoms with Crippen molar-refractivity contribution in [2.24, 2.45) is 5.92 Å². The topological polar surface area (TPSA) is 120 Å². The summed E-state index contributed by atoms with van der Waals surface area (Å²) in [6, 6.07) is 7.65. The molecule has 5 rings (SSSR count). The molecule has 3 heterocycles. The van der Waals surface area contributed by atoms with Gasteiger partial charge < -0.3 is 30.1 Å². The molecule has 5 atom stereocenters. The van der Waals surface area contributed by atoms with Crippen LogP contribution in [0.4, 0.5) is 11.5 Å². The normalized spacial score (nSPS) is 28.5. The van der Waals surface area contributed by atoms with Gasteiger partial charge in [0.1, 0.15) is 17.9 Å². The molecule has 0 unspecified atom stereocenters. The third-order valence-corrected chi connectivity index (χ3v) is 6.69. The molecular formula is C21H25ClN6O3. The zero-order valence-electron chi connectivity index (χ0n) is 16.8. The number of fused-ring (bicyclic) bond motifs is 1. The van der Waals surface area contributed by atoms with Gasteiger partial charge in [-0.15, -0.1) is 0 Å². The average Bonchev–Trinajstić information content (AvgIpc) is 3.48. The van der Waals surface area contributed by atoms with E-state index >= 15 is 0 Å². The van der Waals surface area contributed by atoms with Crippen LogP contribution in [0.1, 0.15) is 18.9 Å². The van der Waals surface area contributed by atoms with E-state index in [1.54, 1.807) is 10.9 Å². The second-order valence-corrected chi connectivity index (χ2v) is 8.76. The third kappa shape index (κ3) is 3.71. The lowest BCUT2D eigenvalue weighted by molar-refractivity contribution is -0.00370. The number of aliphatic hydroxyl groups is 3. The summed E-state index contributed by atoms with van der Waals surface area (Å²) in [7, 11) is 0. The summed E-state index contributed by atoms with van der Waals surface area (Å²) < 4.78 is 1.78. The number of halogens is 1. The predicted molar refractivity (Wildman–Crippen MR) is 117 cm³/mol. The van der Waals surface area contributed by atoms with E-state index < -0.39 is 18.2 Å². The molecule has 1 saturated carbocycles. The van der Waals surface area contributed by atoms with Crippen molar-refractivity contribution in [3.05, 3.63) is 41.9 Å². The van der Waals surface area contributed by atoms with E-state index in [2.05, 4.69) is 25.2 Å². The largest absolute Gasteiger partial charge is 0.396 e. The van der Waals surface area contributed by atoms with E-state index in [1.165, 1.54) is 6.33 Å². The van der Waals surface area contributed by atoms with Gasteiger partial charge in [0.25, 0.3) is 0 Å². The van der Waals surface area contributed by atoms with Crippen LogP contribution in [0.5, 0.6) is 0 Å². The first-order valence-electron chi connectivity index (χ1n) is 10.5. The fourth-order valence-corrected chi connectivity index (χ4v) is 4.84. The second kappa shape index (κ2) is 8.23. The molecule has 0 amide bonds. The van der Waals surface area contributed by atoms with Crippen molar-refractivity contribution in [3.63, 3.8) is 0 Å². The molecule has 3 aromatic rings. The Morgan fingerprint density at radius 3 is 2.65 bits per heavy atom. The zero-order chi connectivity index (χ0) is 21.5. The van der Waals surface area contributed by atoms with Crippen LogP contribution in [0.2, 0.25) is 5.02 Å². The molecule has 1 saturated heterocycles. The van der Waals surface area contributed by atoms with Crippen LogP contribution in [0.3, 0.4) is 0 Å². The molecule has 0 bridgehead atoms. The molecule has 9 nitrogen and oxygen atoms in total. The number of imidazole rings is 1. The standard InChI is InChI=1S/C21H25ClN6O3/c22-13-1-3-15(4-2-13)27-6-5-14(8-27)26-20-17-21(24-10-23-20)28(11-25-17)16-7-12(9-29)18(30)19(16)31/h1-4,10-12,14,16,18-19,29-31H,5-9H2,(H,23,24,26)/t12-,14+,16-,18+,19-/m1/s1. The lowest BCUT2D eigenvalue weighted by Crippen LogP contribution is -2.30. The van der Waals surface area contributed by atoms with Gasteiger partial charge in [0.05, 0.1) is 18.5 Å². The zero-order valence-corrected chi connectivity index (χ0v) is 17.6. The van der Waals surface area contributed by atoms with Gasteiger partial charge in [-0.1, -0.05) is 11.6 Å². The van der Waals surface area contributed by atoms with Gasteiger partial charge in [-0.3, -0.25) is 0 Å². The minimum atomic E-state index is -0.983. The summed E-state index contributed by atoms with van der Waals surface area (Å²) >= 11 is 6.00. The summed E-state index contributed by atoms with van der Waals surface area (Å²) in [5.74, 6) is 0.285. The number of aromatic nitrogens is 4. The molecule has 1 aliphatic heterocycles. The monoisotopic (exact) mass is 444 g/mol. The van der Waals surface area contributed by atoms with E-state index in [-0.39, 0.29) is 18.6 Å². The van der Waals surface area contributed by atoms with Gasteiger partial charge in [0.15, 0.2) is 11.5 Å². The summed E-state index contributed by atoms with van der Waals surface area (Å²) in [5.41, 5.74) is 2.36. The minimum Gasteiger partial charge on any atom is -0.396 e. The van der Waals surface area contributed by atoms with Crippen LogP contribution in [0.15, 0.2) is 36.9 Å². The first-order valence-corrected chi connectivity index (χ1v) is 10.8. The van der Waals surface area contributed by atoms with Crippen molar-refractivity contribution in [3.8, 4) is 0 Å². The molecule has 0 radical (unpaired) electrons. The Labute approximate surface area is 184 Å². The number of nitrogens with zero attached hydrogens (tertiary/aromatic N) is 5. The van der Waals surface area contributed by atoms with E-state index in [4.69, 9.17) is 11.6 Å². The number of nitrogens with one attached hydrogen (secondary N) is 1. The van der Waals surface area contributed by atoms with Gasteiger partial charge in [-0.25, -0.2) is 15.0 Å². The highest BCUT2D eigenvalue weighted by Crippen LogP contribution is 2.37. The smallest absolute Gasteiger partial charge is 0.165 e. The quantitative estimate of drug-likeness (QED) is 0.466. The Morgan fingerprint density at radius 2 is 1.90 bits per heavy atom. The summed E-state index contributed by atoms with van der Waals surface area (Å²) in [4.78, 5) is 15.6. The number of hydrogen-bond donors (Lipinski definition) is 4. The number of hydrogen-bond acceptors (Lipinski definition) is 8. The second-order valence-electron chi connectivity index (χ2n) is 8.33. The van der Waals surface area contributed by atoms with Crippen molar-refractivity contribution in [2.75, 3.05) is 29.9 Å². The van der Waals surface area contributed by atoms with Gasteiger partial charge in [0.2, 0.25) is 0 Å². The number of rotatable bonds is 5. The molecule has 1 aromatic carbocycles. The highest BCUT2D eigenvalue weighted by atomic mass is 35.5. The third-order valence-electron chi connectivity index (χ3n) is 6.44. The summed E-state index contributed by atoms with van der Waals surface area (Å²) in [6.07, 6.45) is 2.57. The predicted octanol–water partition coefficient (Wildman–Crippen LogP) is 1.45. The lowest BCUT2D eigenvalue weighted by Gasteiger charge is -2.19. The highest BCUT2D eigenvalue weighted by Gasteiger charge is 2.42. The van der Waals surface area contributed by atoms with Crippen LogP contribution in [-0.2, 0) is 0 Å². The van der Waals surface area contributed by atoms with Crippen LogP contribution in [0.25, 0.3) is 11.2 Å². The van der Waals surface area contributed by atoms with Crippen LogP contribution >= 0.6 is 11.6 Å². The highest BCUT2D eigenvalue weighted by molar-refractivity contribution is 6.30. The maximum atomic E-state index is 10.5. The first-order chi connectivity index (χ1) is 15.0. The van der Waals surface area contributed by atoms with Gasteiger partial charge >= 0.3 is 0 Å². The maximum absolute atomic E-state index is 10.5. The van der Waals surface area contributed by atoms with Gasteiger partial charge in [-0.2, -0.15) is 0 Å². The molecule has 10 heteroatoms. The molecule has 31 heavy (non-hydrogen) atoms. The number of aliphatic hydroxyl groups excluding tert-OH is 3. The Balaban J connectivity index is 1.34. The van der Waals surface area contributed by atoms with Crippen LogP contribution in [0, 0.1) is 5.92 Å². The van der Waals surface area contributed by atoms with E-state index in [0.717, 1.165) is 30.2 Å². The minimum absolute atomic E-state index is 0.172. The summed E-state index contributed by atoms with van der Waals surface area (Å²) in [5, 5.41) is 34.3. The van der Waals surface area contributed by atoms with Gasteiger partial charge in [0, 0.05) is 42.4 Å². The molecule has 2 aromatic heterocycles. The molecular weight excluding hydrogens is 420 g/mol. The van der Waals surface area contributed by atoms with E-state index in [0.29, 0.717) is 23.4 Å². The SMILES string of the molecule is OC[C@H]1C[C@@H](n2cnc3c(N[C@H]4CCN(c5ccc(Cl)cc5)C4)ncnc32)[C@@H](O)[C@H]1O. The number of benzene rings is 1. The van der Waals surface area contributed by atoms with Crippen LogP contribution < -0.4 is 10.2 Å². The Kier molecular flexibility index (Phi) is 5.43. The van der Waals surface area contributed by atoms with Crippen molar-refractivity contribution in [1.29, 1.82) is 0 Å². The molecule has 4 N–H and O–H groups in total. The molecule has 2 aliphatic rings. The Bertz CT molecular complexity index is 1060. The molecule has 0 spiro atoms. The molecule has 2 fully saturated rings. The van der Waals surface area contributed by atoms with E-state index in [9.17, 15) is 15.3 Å². The van der Waals surface area contributed by atoms with Crippen molar-refractivity contribution < 1.29 is 15.3 Å². The Hall–Kier alpha value is -2.46. The van der Waals surface area contributed by atoms with Crippen LogP contribution in [-0.4, -0.2) is 72.8 Å². The summed E-state index contributed by atoms with van der Waals surface area (Å²) in [6.45, 7) is 1.59. The molecule has 1 aliphatic carbocycles. The average molecular weight is 445 g/mol. The Morgan fingerprint density at radius 1 is 1.10 bits per heavy atom. The fraction of sp³-hybridized carbons (Fsp3) is 0.476. The molecule has 164 valence electrons. The maximum Gasteiger partial charge on any atom is 0.165 e. The fourth-order valence-electron chi connectivity index (χ4n) is 4.71. The van der Waals surface area contributed by atoms with Crippen molar-refractivity contribution >= 4 is 34.3 Å². The van der Waals surface area contributed by atoms with Crippen molar-refractivity contribution in [1.82, 2.24) is 19.5 Å². The number of anilines is 2.